The van der Waals surface area contributed by atoms with Crippen molar-refractivity contribution in [3.63, 3.8) is 0 Å². The quantitative estimate of drug-likeness (QED) is 0.230. The average molecular weight is 413 g/mol. The van der Waals surface area contributed by atoms with Gasteiger partial charge < -0.3 is 4.74 Å². The molecule has 0 N–H and O–H groups in total. The van der Waals surface area contributed by atoms with Gasteiger partial charge in [-0.25, -0.2) is 4.79 Å². The molecule has 0 radical (unpaired) electrons. The van der Waals surface area contributed by atoms with Crippen molar-refractivity contribution < 1.29 is 29.0 Å². The fourth-order valence-corrected chi connectivity index (χ4v) is 2.19. The van der Waals surface area contributed by atoms with Crippen LogP contribution in [0.1, 0.15) is 31.1 Å². The van der Waals surface area contributed by atoms with Crippen molar-refractivity contribution in [3.05, 3.63) is 73.3 Å². The van der Waals surface area contributed by atoms with Crippen LogP contribution in [0.3, 0.4) is 0 Å². The molecule has 0 saturated carbocycles. The summed E-state index contributed by atoms with van der Waals surface area (Å²) in [5, 5.41) is 19.8. The first kappa shape index (κ1) is 19.9. The second kappa shape index (κ2) is 7.89. The van der Waals surface area contributed by atoms with Gasteiger partial charge in [-0.3, -0.25) is 29.8 Å². The summed E-state index contributed by atoms with van der Waals surface area (Å²) in [5.74, 6) is -1.52. The molecule has 0 aliphatic carbocycles. The van der Waals surface area contributed by atoms with Gasteiger partial charge in [0.1, 0.15) is 5.75 Å². The minimum Gasteiger partial charge on any atom is -0.423 e. The lowest BCUT2D eigenvalue weighted by atomic mass is 10.1. The largest absolute Gasteiger partial charge is 0.423 e. The first-order valence-electron chi connectivity index (χ1n) is 6.79. The predicted octanol–water partition coefficient (Wildman–Crippen LogP) is 3.48. The fraction of sp³-hybridized carbons (Fsp3) is 0. The van der Waals surface area contributed by atoms with Gasteiger partial charge in [0.25, 0.3) is 21.9 Å². The Morgan fingerprint density at radius 1 is 0.741 bits per heavy atom. The summed E-state index contributed by atoms with van der Waals surface area (Å²) in [6.45, 7) is 0. The Bertz CT molecular complexity index is 941. The number of ether oxygens (including phenoxy) is 1. The molecule has 2 rings (SSSR count). The average Bonchev–Trinajstić information content (AvgIpc) is 2.60. The molecule has 0 aliphatic heterocycles. The van der Waals surface area contributed by atoms with Crippen LogP contribution in [-0.2, 0) is 0 Å². The highest BCUT2D eigenvalue weighted by Gasteiger charge is 2.22. The SMILES string of the molecule is O=C(Cl)c1cc(OC(=O)c2cc([N+](=O)[O-])cc([N+](=O)[O-])c2)cc(C(=O)Cl)c1. The monoisotopic (exact) mass is 412 g/mol. The number of nitro benzene ring substituents is 2. The number of nitro groups is 2. The summed E-state index contributed by atoms with van der Waals surface area (Å²) in [4.78, 5) is 54.7. The molecular weight excluding hydrogens is 407 g/mol. The first-order chi connectivity index (χ1) is 12.6. The predicted molar refractivity (Wildman–Crippen MR) is 91.5 cm³/mol. The summed E-state index contributed by atoms with van der Waals surface area (Å²) in [6, 6.07) is 5.36. The molecular formula is C15H6Cl2N2O8. The highest BCUT2D eigenvalue weighted by molar-refractivity contribution is 6.69. The van der Waals surface area contributed by atoms with Gasteiger partial charge in [-0.15, -0.1) is 0 Å². The molecule has 12 heteroatoms. The third-order valence-electron chi connectivity index (χ3n) is 3.13. The van der Waals surface area contributed by atoms with E-state index in [-0.39, 0.29) is 16.9 Å². The number of benzene rings is 2. The van der Waals surface area contributed by atoms with Gasteiger partial charge in [0.2, 0.25) is 0 Å². The zero-order valence-electron chi connectivity index (χ0n) is 12.9. The minimum atomic E-state index is -1.20. The molecule has 0 unspecified atom stereocenters. The van der Waals surface area contributed by atoms with Crippen molar-refractivity contribution in [3.8, 4) is 5.75 Å². The van der Waals surface area contributed by atoms with Gasteiger partial charge >= 0.3 is 5.97 Å². The van der Waals surface area contributed by atoms with Gasteiger partial charge in [0.15, 0.2) is 0 Å². The topological polar surface area (TPSA) is 147 Å². The van der Waals surface area contributed by atoms with Crippen LogP contribution in [0.4, 0.5) is 11.4 Å². The number of rotatable bonds is 6. The number of carbonyl (C=O) groups excluding carboxylic acids is 3. The van der Waals surface area contributed by atoms with Gasteiger partial charge in [0, 0.05) is 23.3 Å². The van der Waals surface area contributed by atoms with Gasteiger partial charge in [0.05, 0.1) is 21.5 Å². The molecule has 0 atom stereocenters. The maximum atomic E-state index is 12.2. The Balaban J connectivity index is 2.45. The van der Waals surface area contributed by atoms with Crippen LogP contribution in [0, 0.1) is 20.2 Å². The standard InChI is InChI=1S/C15H6Cl2N2O8/c16-13(20)7-1-8(14(17)21)5-12(4-7)27-15(22)9-2-10(18(23)24)6-11(3-9)19(25)26/h1-6H. The van der Waals surface area contributed by atoms with E-state index >= 15 is 0 Å². The highest BCUT2D eigenvalue weighted by Crippen LogP contribution is 2.25. The van der Waals surface area contributed by atoms with E-state index in [9.17, 15) is 34.6 Å². The van der Waals surface area contributed by atoms with E-state index in [0.29, 0.717) is 6.07 Å². The molecule has 0 fully saturated rings. The molecule has 0 amide bonds. The van der Waals surface area contributed by atoms with Crippen molar-refractivity contribution in [2.75, 3.05) is 0 Å². The molecule has 27 heavy (non-hydrogen) atoms. The minimum absolute atomic E-state index is 0.198. The number of carbonyl (C=O) groups is 3. The summed E-state index contributed by atoms with van der Waals surface area (Å²) in [5.41, 5.74) is -2.28. The van der Waals surface area contributed by atoms with E-state index in [2.05, 4.69) is 0 Å². The number of hydrogen-bond donors (Lipinski definition) is 0. The van der Waals surface area contributed by atoms with E-state index in [0.717, 1.165) is 30.3 Å². The van der Waals surface area contributed by atoms with Crippen LogP contribution in [0.5, 0.6) is 5.75 Å². The third-order valence-corrected chi connectivity index (χ3v) is 3.57. The molecule has 0 aliphatic rings. The van der Waals surface area contributed by atoms with E-state index in [1.807, 2.05) is 0 Å². The first-order valence-corrected chi connectivity index (χ1v) is 7.55. The van der Waals surface area contributed by atoms with Gasteiger partial charge in [-0.2, -0.15) is 0 Å². The molecule has 10 nitrogen and oxygen atoms in total. The van der Waals surface area contributed by atoms with Crippen molar-refractivity contribution in [2.24, 2.45) is 0 Å². The number of nitrogens with zero attached hydrogens (tertiary/aromatic N) is 2. The molecule has 0 saturated heterocycles. The third kappa shape index (κ3) is 4.84. The second-order valence-electron chi connectivity index (χ2n) is 4.94. The fourth-order valence-electron chi connectivity index (χ4n) is 1.97. The lowest BCUT2D eigenvalue weighted by Gasteiger charge is -2.07. The number of hydrogen-bond acceptors (Lipinski definition) is 8. The van der Waals surface area contributed by atoms with Crippen LogP contribution in [0.2, 0.25) is 0 Å². The summed E-state index contributed by atoms with van der Waals surface area (Å²) in [7, 11) is 0. The van der Waals surface area contributed by atoms with Crippen LogP contribution in [0.25, 0.3) is 0 Å². The molecule has 0 aromatic heterocycles. The number of non-ortho nitro benzene ring substituents is 2. The van der Waals surface area contributed by atoms with Crippen LogP contribution < -0.4 is 4.74 Å². The van der Waals surface area contributed by atoms with Crippen molar-refractivity contribution in [2.45, 2.75) is 0 Å². The van der Waals surface area contributed by atoms with E-state index < -0.39 is 43.2 Å². The highest BCUT2D eigenvalue weighted by atomic mass is 35.5. The summed E-state index contributed by atoms with van der Waals surface area (Å²) in [6.07, 6.45) is 0. The van der Waals surface area contributed by atoms with E-state index in [1.54, 1.807) is 0 Å². The second-order valence-corrected chi connectivity index (χ2v) is 5.62. The maximum absolute atomic E-state index is 12.2. The Morgan fingerprint density at radius 3 is 1.56 bits per heavy atom. The number of esters is 1. The molecule has 2 aromatic carbocycles. The summed E-state index contributed by atoms with van der Waals surface area (Å²) >= 11 is 10.7. The normalized spacial score (nSPS) is 10.1. The molecule has 0 bridgehead atoms. The molecule has 0 spiro atoms. The number of halogens is 2. The van der Waals surface area contributed by atoms with Crippen LogP contribution >= 0.6 is 23.2 Å². The lowest BCUT2D eigenvalue weighted by Crippen LogP contribution is -2.10. The van der Waals surface area contributed by atoms with Crippen LogP contribution in [0.15, 0.2) is 36.4 Å². The van der Waals surface area contributed by atoms with Crippen molar-refractivity contribution in [1.29, 1.82) is 0 Å². The maximum Gasteiger partial charge on any atom is 0.344 e. The van der Waals surface area contributed by atoms with Crippen molar-refractivity contribution in [1.82, 2.24) is 0 Å². The summed E-state index contributed by atoms with van der Waals surface area (Å²) < 4.78 is 4.95. The Kier molecular flexibility index (Phi) is 5.83. The van der Waals surface area contributed by atoms with Crippen molar-refractivity contribution >= 4 is 51.0 Å². The molecule has 138 valence electrons. The molecule has 2 aromatic rings. The van der Waals surface area contributed by atoms with E-state index in [4.69, 9.17) is 27.9 Å². The van der Waals surface area contributed by atoms with E-state index in [1.165, 1.54) is 0 Å². The Hall–Kier alpha value is -3.37. The molecule has 0 heterocycles. The zero-order chi connectivity index (χ0) is 20.3. The zero-order valence-corrected chi connectivity index (χ0v) is 14.4. The smallest absolute Gasteiger partial charge is 0.344 e. The Morgan fingerprint density at radius 2 is 1.19 bits per heavy atom. The van der Waals surface area contributed by atoms with Gasteiger partial charge in [-0.1, -0.05) is 0 Å². The lowest BCUT2D eigenvalue weighted by molar-refractivity contribution is -0.394. The Labute approximate surface area is 159 Å². The van der Waals surface area contributed by atoms with Gasteiger partial charge in [-0.05, 0) is 41.4 Å². The van der Waals surface area contributed by atoms with Crippen LogP contribution in [-0.4, -0.2) is 26.3 Å².